The maximum Gasteiger partial charge on any atom is 0.140 e. The number of halogens is 1. The molecule has 3 nitrogen and oxygen atoms in total. The van der Waals surface area contributed by atoms with E-state index in [9.17, 15) is 0 Å². The minimum absolute atomic E-state index is 0.538. The maximum atomic E-state index is 8.58. The van der Waals surface area contributed by atoms with Crippen LogP contribution in [0.4, 0.5) is 5.82 Å². The van der Waals surface area contributed by atoms with E-state index in [4.69, 9.17) is 5.26 Å². The van der Waals surface area contributed by atoms with Gasteiger partial charge in [-0.2, -0.15) is 5.26 Å². The van der Waals surface area contributed by atoms with Gasteiger partial charge in [0.15, 0.2) is 0 Å². The first-order valence-corrected chi connectivity index (χ1v) is 4.47. The van der Waals surface area contributed by atoms with E-state index in [2.05, 4.69) is 32.8 Å². The molecule has 0 aliphatic heterocycles. The van der Waals surface area contributed by atoms with E-state index in [1.165, 1.54) is 6.20 Å². The highest BCUT2D eigenvalue weighted by molar-refractivity contribution is 9.10. The van der Waals surface area contributed by atoms with Crippen LogP contribution >= 0.6 is 15.9 Å². The minimum atomic E-state index is 0.538. The second-order valence-electron chi connectivity index (χ2n) is 2.34. The van der Waals surface area contributed by atoms with Gasteiger partial charge in [-0.15, -0.1) is 6.58 Å². The summed E-state index contributed by atoms with van der Waals surface area (Å²) in [6.45, 7) is 4.23. The lowest BCUT2D eigenvalue weighted by Gasteiger charge is -2.03. The number of pyridine rings is 1. The smallest absolute Gasteiger partial charge is 0.140 e. The van der Waals surface area contributed by atoms with E-state index in [0.29, 0.717) is 12.1 Å². The van der Waals surface area contributed by atoms with Gasteiger partial charge in [-0.25, -0.2) is 4.98 Å². The van der Waals surface area contributed by atoms with Gasteiger partial charge >= 0.3 is 0 Å². The van der Waals surface area contributed by atoms with Crippen molar-refractivity contribution in [2.45, 2.75) is 0 Å². The molecule has 1 rings (SSSR count). The second-order valence-corrected chi connectivity index (χ2v) is 3.19. The molecule has 0 saturated carbocycles. The van der Waals surface area contributed by atoms with E-state index < -0.39 is 0 Å². The summed E-state index contributed by atoms with van der Waals surface area (Å²) in [6, 6.07) is 3.73. The molecule has 1 aromatic heterocycles. The van der Waals surface area contributed by atoms with Crippen LogP contribution in [0.15, 0.2) is 29.4 Å². The maximum absolute atomic E-state index is 8.58. The lowest BCUT2D eigenvalue weighted by molar-refractivity contribution is 1.21. The van der Waals surface area contributed by atoms with Gasteiger partial charge in [0.2, 0.25) is 0 Å². The van der Waals surface area contributed by atoms with Crippen LogP contribution in [-0.2, 0) is 0 Å². The topological polar surface area (TPSA) is 48.7 Å². The zero-order valence-electron chi connectivity index (χ0n) is 6.92. The van der Waals surface area contributed by atoms with Gasteiger partial charge in [0.05, 0.1) is 10.0 Å². The van der Waals surface area contributed by atoms with Crippen LogP contribution in [0, 0.1) is 11.3 Å². The Labute approximate surface area is 85.2 Å². The zero-order valence-corrected chi connectivity index (χ0v) is 8.50. The highest BCUT2D eigenvalue weighted by Crippen LogP contribution is 2.19. The standard InChI is InChI=1S/C9H8BrN3/c1-2-3-12-9-8(10)4-7(5-11)6-13-9/h2,4,6H,1,3H2,(H,12,13). The van der Waals surface area contributed by atoms with Crippen LogP contribution in [0.5, 0.6) is 0 Å². The zero-order chi connectivity index (χ0) is 9.68. The first kappa shape index (κ1) is 9.75. The quantitative estimate of drug-likeness (QED) is 0.822. The first-order chi connectivity index (χ1) is 6.27. The number of nitrogens with one attached hydrogen (secondary N) is 1. The van der Waals surface area contributed by atoms with Crippen molar-refractivity contribution in [3.8, 4) is 6.07 Å². The molecule has 66 valence electrons. The van der Waals surface area contributed by atoms with Crippen molar-refractivity contribution in [2.24, 2.45) is 0 Å². The third kappa shape index (κ3) is 2.56. The van der Waals surface area contributed by atoms with Gasteiger partial charge in [-0.05, 0) is 22.0 Å². The molecule has 0 spiro atoms. The number of hydrogen-bond acceptors (Lipinski definition) is 3. The molecule has 0 radical (unpaired) electrons. The van der Waals surface area contributed by atoms with Crippen LogP contribution in [0.25, 0.3) is 0 Å². The third-order valence-electron chi connectivity index (χ3n) is 1.38. The molecule has 0 fully saturated rings. The van der Waals surface area contributed by atoms with Gasteiger partial charge < -0.3 is 5.32 Å². The van der Waals surface area contributed by atoms with E-state index in [0.717, 1.165) is 10.3 Å². The highest BCUT2D eigenvalue weighted by atomic mass is 79.9. The van der Waals surface area contributed by atoms with Crippen molar-refractivity contribution in [1.82, 2.24) is 4.98 Å². The Hall–Kier alpha value is -1.34. The van der Waals surface area contributed by atoms with Crippen LogP contribution in [0.2, 0.25) is 0 Å². The lowest BCUT2D eigenvalue weighted by atomic mass is 10.3. The molecule has 1 heterocycles. The number of nitriles is 1. The molecule has 13 heavy (non-hydrogen) atoms. The number of anilines is 1. The van der Waals surface area contributed by atoms with E-state index >= 15 is 0 Å². The Morgan fingerprint density at radius 2 is 2.54 bits per heavy atom. The predicted octanol–water partition coefficient (Wildman–Crippen LogP) is 2.31. The summed E-state index contributed by atoms with van der Waals surface area (Å²) >= 11 is 3.31. The summed E-state index contributed by atoms with van der Waals surface area (Å²) in [4.78, 5) is 4.06. The second kappa shape index (κ2) is 4.63. The third-order valence-corrected chi connectivity index (χ3v) is 1.99. The Kier molecular flexibility index (Phi) is 3.47. The van der Waals surface area contributed by atoms with E-state index in [1.807, 2.05) is 6.07 Å². The Bertz CT molecular complexity index is 354. The summed E-state index contributed by atoms with van der Waals surface area (Å²) < 4.78 is 0.786. The molecule has 0 atom stereocenters. The Morgan fingerprint density at radius 3 is 3.08 bits per heavy atom. The molecule has 0 aliphatic carbocycles. The summed E-state index contributed by atoms with van der Waals surface area (Å²) in [5.74, 6) is 0.721. The molecule has 0 aliphatic rings. The number of hydrogen-bond donors (Lipinski definition) is 1. The molecule has 1 aromatic rings. The summed E-state index contributed by atoms with van der Waals surface area (Å²) in [7, 11) is 0. The Balaban J connectivity index is 2.86. The Morgan fingerprint density at radius 1 is 1.77 bits per heavy atom. The van der Waals surface area contributed by atoms with Crippen molar-refractivity contribution in [1.29, 1.82) is 5.26 Å². The molecule has 1 N–H and O–H groups in total. The SMILES string of the molecule is C=CCNc1ncc(C#N)cc1Br. The predicted molar refractivity (Wildman–Crippen MR) is 55.3 cm³/mol. The molecule has 0 unspecified atom stereocenters. The number of aromatic nitrogens is 1. The summed E-state index contributed by atoms with van der Waals surface area (Å²) in [6.07, 6.45) is 3.27. The van der Waals surface area contributed by atoms with Crippen LogP contribution in [0.1, 0.15) is 5.56 Å². The van der Waals surface area contributed by atoms with Crippen molar-refractivity contribution in [3.63, 3.8) is 0 Å². The average molecular weight is 238 g/mol. The van der Waals surface area contributed by atoms with Gasteiger partial charge in [-0.3, -0.25) is 0 Å². The average Bonchev–Trinajstić information content (AvgIpc) is 2.16. The molecular weight excluding hydrogens is 230 g/mol. The van der Waals surface area contributed by atoms with Crippen molar-refractivity contribution < 1.29 is 0 Å². The monoisotopic (exact) mass is 237 g/mol. The van der Waals surface area contributed by atoms with Gasteiger partial charge in [0, 0.05) is 12.7 Å². The summed E-state index contributed by atoms with van der Waals surface area (Å²) in [5, 5.41) is 11.6. The normalized spacial score (nSPS) is 8.92. The lowest BCUT2D eigenvalue weighted by Crippen LogP contribution is -2.01. The highest BCUT2D eigenvalue weighted by Gasteiger charge is 2.00. The van der Waals surface area contributed by atoms with Crippen molar-refractivity contribution in [2.75, 3.05) is 11.9 Å². The fourth-order valence-electron chi connectivity index (χ4n) is 0.798. The first-order valence-electron chi connectivity index (χ1n) is 3.68. The van der Waals surface area contributed by atoms with Gasteiger partial charge in [0.25, 0.3) is 0 Å². The fraction of sp³-hybridized carbons (Fsp3) is 0.111. The van der Waals surface area contributed by atoms with E-state index in [-0.39, 0.29) is 0 Å². The molecule has 0 bridgehead atoms. The van der Waals surface area contributed by atoms with Gasteiger partial charge in [-0.1, -0.05) is 6.08 Å². The molecule has 0 amide bonds. The van der Waals surface area contributed by atoms with Crippen LogP contribution in [-0.4, -0.2) is 11.5 Å². The summed E-state index contributed by atoms with van der Waals surface area (Å²) in [5.41, 5.74) is 0.538. The van der Waals surface area contributed by atoms with Crippen LogP contribution < -0.4 is 5.32 Å². The molecule has 0 saturated heterocycles. The fourth-order valence-corrected chi connectivity index (χ4v) is 1.29. The van der Waals surface area contributed by atoms with Crippen LogP contribution in [0.3, 0.4) is 0 Å². The van der Waals surface area contributed by atoms with Crippen molar-refractivity contribution in [3.05, 3.63) is 35.0 Å². The minimum Gasteiger partial charge on any atom is -0.366 e. The number of rotatable bonds is 3. The van der Waals surface area contributed by atoms with Crippen molar-refractivity contribution >= 4 is 21.7 Å². The largest absolute Gasteiger partial charge is 0.366 e. The van der Waals surface area contributed by atoms with E-state index in [1.54, 1.807) is 12.1 Å². The molecular formula is C9H8BrN3. The molecule has 4 heteroatoms. The van der Waals surface area contributed by atoms with Gasteiger partial charge in [0.1, 0.15) is 11.9 Å². The number of nitrogens with zero attached hydrogens (tertiary/aromatic N) is 2. The molecule has 0 aromatic carbocycles.